The van der Waals surface area contributed by atoms with Gasteiger partial charge in [-0.25, -0.2) is 14.6 Å². The number of carbonyl (C=O) groups is 1. The van der Waals surface area contributed by atoms with E-state index in [0.717, 1.165) is 0 Å². The number of hydrogen-bond acceptors (Lipinski definition) is 4. The predicted molar refractivity (Wildman–Crippen MR) is 67.7 cm³/mol. The zero-order chi connectivity index (χ0) is 14.3. The molecular weight excluding hydrogens is 252 g/mol. The Bertz CT molecular complexity index is 781. The summed E-state index contributed by atoms with van der Waals surface area (Å²) in [6.45, 7) is 3.84. The monoisotopic (exact) mass is 266 g/mol. The first kappa shape index (κ1) is 13.1. The molecular formula is C11H14N4O4. The van der Waals surface area contributed by atoms with Gasteiger partial charge in [-0.15, -0.1) is 0 Å². The Balaban J connectivity index is 3.08. The number of carboxylic acid groups (broad SMARTS) is 1. The summed E-state index contributed by atoms with van der Waals surface area (Å²) in [5.41, 5.74) is -1.38. The van der Waals surface area contributed by atoms with Crippen molar-refractivity contribution in [2.24, 2.45) is 7.05 Å². The van der Waals surface area contributed by atoms with Gasteiger partial charge in [0.15, 0.2) is 11.2 Å². The Hall–Kier alpha value is -2.38. The summed E-state index contributed by atoms with van der Waals surface area (Å²) in [7, 11) is 1.61. The highest BCUT2D eigenvalue weighted by atomic mass is 16.4. The van der Waals surface area contributed by atoms with Gasteiger partial charge in [-0.1, -0.05) is 6.92 Å². The molecule has 0 saturated heterocycles. The topological polar surface area (TPSA) is 99.1 Å². The molecule has 1 N–H and O–H groups in total. The van der Waals surface area contributed by atoms with Gasteiger partial charge in [-0.3, -0.25) is 9.36 Å². The largest absolute Gasteiger partial charge is 0.464 e. The number of imidazole rings is 1. The highest BCUT2D eigenvalue weighted by molar-refractivity contribution is 5.76. The molecule has 2 aromatic rings. The van der Waals surface area contributed by atoms with Gasteiger partial charge in [0.25, 0.3) is 5.56 Å². The molecule has 0 unspecified atom stereocenters. The maximum Gasteiger partial charge on any atom is 0.422 e. The lowest BCUT2D eigenvalue weighted by Crippen LogP contribution is -2.43. The van der Waals surface area contributed by atoms with E-state index >= 15 is 0 Å². The summed E-state index contributed by atoms with van der Waals surface area (Å²) in [5, 5.41) is 9.02. The SMILES string of the molecule is CCCn1c(=O)n(C(=O)O)c(=O)c2c1nc(C)n2C. The summed E-state index contributed by atoms with van der Waals surface area (Å²) in [6, 6.07) is 0. The molecule has 0 radical (unpaired) electrons. The van der Waals surface area contributed by atoms with Crippen LogP contribution in [0.3, 0.4) is 0 Å². The third kappa shape index (κ3) is 1.76. The van der Waals surface area contributed by atoms with E-state index in [1.54, 1.807) is 14.0 Å². The lowest BCUT2D eigenvalue weighted by atomic mass is 10.4. The first-order chi connectivity index (χ1) is 8.90. The van der Waals surface area contributed by atoms with Crippen LogP contribution in [0.1, 0.15) is 19.2 Å². The Morgan fingerprint density at radius 3 is 2.53 bits per heavy atom. The fourth-order valence-electron chi connectivity index (χ4n) is 2.02. The van der Waals surface area contributed by atoms with Crippen LogP contribution in [-0.4, -0.2) is 29.9 Å². The van der Waals surface area contributed by atoms with Crippen molar-refractivity contribution in [1.29, 1.82) is 0 Å². The van der Waals surface area contributed by atoms with Gasteiger partial charge in [0.2, 0.25) is 0 Å². The van der Waals surface area contributed by atoms with Crippen molar-refractivity contribution in [2.75, 3.05) is 0 Å². The summed E-state index contributed by atoms with van der Waals surface area (Å²) in [5.74, 6) is 0.541. The van der Waals surface area contributed by atoms with Gasteiger partial charge in [0, 0.05) is 13.6 Å². The molecule has 0 fully saturated rings. The first-order valence-electron chi connectivity index (χ1n) is 5.82. The number of aryl methyl sites for hydroxylation is 3. The average Bonchev–Trinajstić information content (AvgIpc) is 2.61. The van der Waals surface area contributed by atoms with Gasteiger partial charge in [-0.05, 0) is 13.3 Å². The minimum Gasteiger partial charge on any atom is -0.464 e. The maximum absolute atomic E-state index is 12.1. The van der Waals surface area contributed by atoms with E-state index in [1.807, 2.05) is 6.92 Å². The molecule has 8 heteroatoms. The Labute approximate surface area is 107 Å². The molecule has 2 heterocycles. The van der Waals surface area contributed by atoms with E-state index in [9.17, 15) is 14.4 Å². The van der Waals surface area contributed by atoms with Crippen LogP contribution in [-0.2, 0) is 13.6 Å². The minimum absolute atomic E-state index is 0.118. The molecule has 0 aromatic carbocycles. The maximum atomic E-state index is 12.1. The van der Waals surface area contributed by atoms with Crippen LogP contribution in [0.15, 0.2) is 9.59 Å². The lowest BCUT2D eigenvalue weighted by molar-refractivity contribution is 0.193. The zero-order valence-electron chi connectivity index (χ0n) is 10.9. The fourth-order valence-corrected chi connectivity index (χ4v) is 2.02. The van der Waals surface area contributed by atoms with Crippen molar-refractivity contribution >= 4 is 17.3 Å². The van der Waals surface area contributed by atoms with Crippen LogP contribution in [0.4, 0.5) is 4.79 Å². The summed E-state index contributed by atoms with van der Waals surface area (Å²) in [6.07, 6.45) is -0.955. The fraction of sp³-hybridized carbons (Fsp3) is 0.455. The molecule has 2 aromatic heterocycles. The van der Waals surface area contributed by atoms with E-state index in [0.29, 0.717) is 18.8 Å². The van der Waals surface area contributed by atoms with Crippen LogP contribution in [0.25, 0.3) is 11.2 Å². The Morgan fingerprint density at radius 1 is 1.37 bits per heavy atom. The van der Waals surface area contributed by atoms with Gasteiger partial charge in [0.1, 0.15) is 5.82 Å². The summed E-state index contributed by atoms with van der Waals surface area (Å²) in [4.78, 5) is 39.4. The second-order valence-corrected chi connectivity index (χ2v) is 4.25. The average molecular weight is 266 g/mol. The number of aromatic nitrogens is 4. The minimum atomic E-state index is -1.58. The standard InChI is InChI=1S/C11H14N4O4/c1-4-5-14-8-7(13(3)6(2)12-8)9(16)15(10(14)17)11(18)19/h4-5H2,1-3H3,(H,18,19). The second kappa shape index (κ2) is 4.38. The van der Waals surface area contributed by atoms with Crippen molar-refractivity contribution < 1.29 is 9.90 Å². The molecule has 102 valence electrons. The highest BCUT2D eigenvalue weighted by Gasteiger charge is 2.21. The van der Waals surface area contributed by atoms with E-state index in [-0.39, 0.29) is 15.7 Å². The quantitative estimate of drug-likeness (QED) is 0.833. The van der Waals surface area contributed by atoms with Gasteiger partial charge in [0.05, 0.1) is 0 Å². The van der Waals surface area contributed by atoms with Crippen molar-refractivity contribution in [1.82, 2.24) is 18.7 Å². The van der Waals surface area contributed by atoms with Crippen molar-refractivity contribution in [3.63, 3.8) is 0 Å². The van der Waals surface area contributed by atoms with E-state index in [2.05, 4.69) is 4.98 Å². The van der Waals surface area contributed by atoms with Crippen molar-refractivity contribution in [3.05, 3.63) is 26.7 Å². The molecule has 8 nitrogen and oxygen atoms in total. The summed E-state index contributed by atoms with van der Waals surface area (Å²) < 4.78 is 2.93. The second-order valence-electron chi connectivity index (χ2n) is 4.25. The number of fused-ring (bicyclic) bond motifs is 1. The van der Waals surface area contributed by atoms with Gasteiger partial charge in [-0.2, -0.15) is 4.57 Å². The number of hydrogen-bond donors (Lipinski definition) is 1. The normalized spacial score (nSPS) is 11.1. The van der Waals surface area contributed by atoms with Crippen LogP contribution >= 0.6 is 0 Å². The smallest absolute Gasteiger partial charge is 0.422 e. The van der Waals surface area contributed by atoms with Gasteiger partial charge < -0.3 is 9.67 Å². The van der Waals surface area contributed by atoms with Crippen molar-refractivity contribution in [2.45, 2.75) is 26.8 Å². The van der Waals surface area contributed by atoms with Crippen molar-refractivity contribution in [3.8, 4) is 0 Å². The van der Waals surface area contributed by atoms with E-state index < -0.39 is 17.3 Å². The first-order valence-corrected chi connectivity index (χ1v) is 5.82. The number of rotatable bonds is 2. The zero-order valence-corrected chi connectivity index (χ0v) is 10.9. The van der Waals surface area contributed by atoms with Crippen LogP contribution in [0, 0.1) is 6.92 Å². The Morgan fingerprint density at radius 2 is 2.00 bits per heavy atom. The molecule has 0 saturated carbocycles. The highest BCUT2D eigenvalue weighted by Crippen LogP contribution is 2.09. The lowest BCUT2D eigenvalue weighted by Gasteiger charge is -2.07. The molecule has 19 heavy (non-hydrogen) atoms. The third-order valence-electron chi connectivity index (χ3n) is 3.02. The number of nitrogens with zero attached hydrogens (tertiary/aromatic N) is 4. The molecule has 0 spiro atoms. The molecule has 0 aliphatic carbocycles. The van der Waals surface area contributed by atoms with E-state index in [1.165, 1.54) is 9.13 Å². The molecule has 0 atom stereocenters. The van der Waals surface area contributed by atoms with Crippen LogP contribution < -0.4 is 11.2 Å². The third-order valence-corrected chi connectivity index (χ3v) is 3.02. The van der Waals surface area contributed by atoms with E-state index in [4.69, 9.17) is 5.11 Å². The van der Waals surface area contributed by atoms with Crippen LogP contribution in [0.2, 0.25) is 0 Å². The molecule has 0 amide bonds. The van der Waals surface area contributed by atoms with Gasteiger partial charge >= 0.3 is 11.8 Å². The summed E-state index contributed by atoms with van der Waals surface area (Å²) >= 11 is 0. The molecule has 0 aliphatic rings. The predicted octanol–water partition coefficient (Wildman–Crippen LogP) is 0.141. The molecule has 2 rings (SSSR count). The Kier molecular flexibility index (Phi) is 3.01. The van der Waals surface area contributed by atoms with Crippen LogP contribution in [0.5, 0.6) is 0 Å². The molecule has 0 aliphatic heterocycles. The molecule has 0 bridgehead atoms.